The Balaban J connectivity index is 1.56. The molecular formula is C26H22F3N4O3P. The quantitative estimate of drug-likeness (QED) is 0.342. The van der Waals surface area contributed by atoms with Crippen LogP contribution in [0.5, 0.6) is 5.75 Å². The number of fused-ring (bicyclic) bond motifs is 9. The van der Waals surface area contributed by atoms with Crippen LogP contribution < -0.4 is 10.2 Å². The smallest absolute Gasteiger partial charge is 0.387 e. The Morgan fingerprint density at radius 3 is 2.57 bits per heavy atom. The first-order valence-corrected chi connectivity index (χ1v) is 14.2. The van der Waals surface area contributed by atoms with E-state index in [-0.39, 0.29) is 22.8 Å². The molecule has 11 heteroatoms. The summed E-state index contributed by atoms with van der Waals surface area (Å²) in [5.74, 6) is -0.344. The van der Waals surface area contributed by atoms with Gasteiger partial charge in [0, 0.05) is 48.0 Å². The molecule has 2 aliphatic rings. The van der Waals surface area contributed by atoms with Gasteiger partial charge < -0.3 is 18.8 Å². The third kappa shape index (κ3) is 3.65. The van der Waals surface area contributed by atoms with Crippen LogP contribution in [0.15, 0.2) is 48.7 Å². The van der Waals surface area contributed by atoms with Crippen molar-refractivity contribution in [2.45, 2.75) is 25.1 Å². The number of imidazole rings is 1. The summed E-state index contributed by atoms with van der Waals surface area (Å²) in [6.45, 7) is 0.170. The van der Waals surface area contributed by atoms with Crippen LogP contribution in [0.25, 0.3) is 22.2 Å². The second kappa shape index (κ2) is 8.18. The average molecular weight is 526 g/mol. The molecular weight excluding hydrogens is 504 g/mol. The van der Waals surface area contributed by atoms with E-state index in [2.05, 4.69) is 9.97 Å². The fraction of sp³-hybridized carbons (Fsp3) is 0.269. The standard InChI is InChI=1S/C26H22F3N4O3P/c1-32-20-11-19(23-14(25(32)34)5-4-6-21(23)36-26(28)29)33-18-9-15(16(27)10-17(18)31-24(20)33)13-7-8-22(30-12-13)37(2,3)35/h4-10,12,19-20,26H,11H2,1-3H3/t19-,20-/m1/s1. The Kier molecular flexibility index (Phi) is 5.25. The van der Waals surface area contributed by atoms with Crippen molar-refractivity contribution in [1.29, 1.82) is 0 Å². The molecule has 0 fully saturated rings. The molecule has 0 N–H and O–H groups in total. The monoisotopic (exact) mass is 526 g/mol. The number of rotatable bonds is 4. The van der Waals surface area contributed by atoms with Gasteiger partial charge in [-0.25, -0.2) is 9.37 Å². The van der Waals surface area contributed by atoms with E-state index >= 15 is 4.39 Å². The summed E-state index contributed by atoms with van der Waals surface area (Å²) in [5, 5.41) is 0. The summed E-state index contributed by atoms with van der Waals surface area (Å²) >= 11 is 0. The molecule has 2 aliphatic heterocycles. The summed E-state index contributed by atoms with van der Waals surface area (Å²) in [4.78, 5) is 23.7. The predicted molar refractivity (Wildman–Crippen MR) is 133 cm³/mol. The van der Waals surface area contributed by atoms with Gasteiger partial charge in [-0.2, -0.15) is 8.78 Å². The minimum atomic E-state index is -3.06. The summed E-state index contributed by atoms with van der Waals surface area (Å²) in [6, 6.07) is 9.88. The maximum Gasteiger partial charge on any atom is 0.387 e. The molecule has 2 atom stereocenters. The molecule has 37 heavy (non-hydrogen) atoms. The van der Waals surface area contributed by atoms with Gasteiger partial charge in [0.05, 0.1) is 28.6 Å². The number of alkyl halides is 2. The normalized spacial score (nSPS) is 18.8. The van der Waals surface area contributed by atoms with Gasteiger partial charge in [0.25, 0.3) is 5.91 Å². The molecule has 0 saturated heterocycles. The van der Waals surface area contributed by atoms with Gasteiger partial charge in [-0.3, -0.25) is 9.78 Å². The van der Waals surface area contributed by atoms with E-state index in [0.717, 1.165) is 0 Å². The Labute approximate surface area is 210 Å². The first-order valence-electron chi connectivity index (χ1n) is 11.6. The molecule has 7 nitrogen and oxygen atoms in total. The lowest BCUT2D eigenvalue weighted by Crippen LogP contribution is -2.30. The van der Waals surface area contributed by atoms with Crippen LogP contribution in [0.4, 0.5) is 13.2 Å². The highest BCUT2D eigenvalue weighted by Crippen LogP contribution is 2.50. The maximum absolute atomic E-state index is 15.3. The number of aromatic nitrogens is 3. The Bertz CT molecular complexity index is 1630. The second-order valence-corrected chi connectivity index (χ2v) is 12.9. The van der Waals surface area contributed by atoms with Crippen LogP contribution in [-0.2, 0) is 4.57 Å². The number of hydrogen-bond acceptors (Lipinski definition) is 5. The second-order valence-electron chi connectivity index (χ2n) is 9.70. The molecule has 4 aromatic rings. The van der Waals surface area contributed by atoms with Crippen molar-refractivity contribution >= 4 is 29.5 Å². The number of halogens is 3. The molecule has 2 aromatic heterocycles. The van der Waals surface area contributed by atoms with E-state index in [9.17, 15) is 18.1 Å². The summed E-state index contributed by atoms with van der Waals surface area (Å²) in [5.41, 5.74) is 2.85. The van der Waals surface area contributed by atoms with Gasteiger partial charge in [0.1, 0.15) is 24.5 Å². The fourth-order valence-corrected chi connectivity index (χ4v) is 6.16. The van der Waals surface area contributed by atoms with Crippen molar-refractivity contribution in [1.82, 2.24) is 19.4 Å². The molecule has 6 rings (SSSR count). The zero-order valence-corrected chi connectivity index (χ0v) is 21.0. The minimum absolute atomic E-state index is 0.0692. The van der Waals surface area contributed by atoms with Crippen molar-refractivity contribution in [3.05, 3.63) is 71.4 Å². The molecule has 0 unspecified atom stereocenters. The van der Waals surface area contributed by atoms with E-state index in [1.165, 1.54) is 24.4 Å². The molecule has 0 aliphatic carbocycles. The highest BCUT2D eigenvalue weighted by molar-refractivity contribution is 7.69. The van der Waals surface area contributed by atoms with E-state index in [1.54, 1.807) is 49.5 Å². The number of amides is 1. The van der Waals surface area contributed by atoms with E-state index in [4.69, 9.17) is 4.74 Å². The van der Waals surface area contributed by atoms with Crippen LogP contribution in [0.1, 0.15) is 40.3 Å². The van der Waals surface area contributed by atoms with E-state index in [0.29, 0.717) is 39.8 Å². The Morgan fingerprint density at radius 1 is 1.11 bits per heavy atom. The lowest BCUT2D eigenvalue weighted by atomic mass is 9.97. The lowest BCUT2D eigenvalue weighted by molar-refractivity contribution is -0.0507. The number of nitrogens with zero attached hydrogens (tertiary/aromatic N) is 4. The van der Waals surface area contributed by atoms with Crippen LogP contribution in [-0.4, -0.2) is 52.3 Å². The zero-order chi connectivity index (χ0) is 26.2. The average Bonchev–Trinajstić information content (AvgIpc) is 3.35. The van der Waals surface area contributed by atoms with Crippen LogP contribution in [0.3, 0.4) is 0 Å². The molecule has 4 heterocycles. The molecule has 0 spiro atoms. The Hall–Kier alpha value is -3.65. The number of hydrogen-bond donors (Lipinski definition) is 0. The third-order valence-corrected chi connectivity index (χ3v) is 8.47. The molecule has 0 radical (unpaired) electrons. The van der Waals surface area contributed by atoms with Crippen LogP contribution in [0.2, 0.25) is 0 Å². The van der Waals surface area contributed by atoms with Gasteiger partial charge in [-0.05, 0) is 37.6 Å². The highest BCUT2D eigenvalue weighted by atomic mass is 31.2. The maximum atomic E-state index is 15.3. The van der Waals surface area contributed by atoms with Crippen LogP contribution in [0, 0.1) is 5.82 Å². The zero-order valence-electron chi connectivity index (χ0n) is 20.2. The number of ether oxygens (including phenoxy) is 1. The van der Waals surface area contributed by atoms with Crippen molar-refractivity contribution in [2.75, 3.05) is 20.4 Å². The third-order valence-electron chi connectivity index (χ3n) is 7.11. The molecule has 190 valence electrons. The van der Waals surface area contributed by atoms with Gasteiger partial charge in [-0.15, -0.1) is 0 Å². The summed E-state index contributed by atoms with van der Waals surface area (Å²) < 4.78 is 60.9. The molecule has 2 bridgehead atoms. The number of carbonyl (C=O) groups is 1. The van der Waals surface area contributed by atoms with Crippen LogP contribution >= 0.6 is 7.14 Å². The highest BCUT2D eigenvalue weighted by Gasteiger charge is 2.45. The number of benzene rings is 2. The molecule has 2 aromatic carbocycles. The first-order chi connectivity index (χ1) is 17.5. The van der Waals surface area contributed by atoms with E-state index in [1.807, 2.05) is 4.57 Å². The predicted octanol–water partition coefficient (Wildman–Crippen LogP) is 5.21. The first kappa shape index (κ1) is 23.7. The fourth-order valence-electron chi connectivity index (χ4n) is 5.39. The van der Waals surface area contributed by atoms with Crippen molar-refractivity contribution < 1.29 is 27.3 Å². The van der Waals surface area contributed by atoms with Gasteiger partial charge in [0.15, 0.2) is 0 Å². The van der Waals surface area contributed by atoms with Crippen molar-refractivity contribution in [2.24, 2.45) is 0 Å². The van der Waals surface area contributed by atoms with Crippen molar-refractivity contribution in [3.63, 3.8) is 0 Å². The molecule has 1 amide bonds. The van der Waals surface area contributed by atoms with E-state index < -0.39 is 31.7 Å². The molecule has 0 saturated carbocycles. The number of carbonyl (C=O) groups excluding carboxylic acids is 1. The SMILES string of the molecule is CN1C(=O)c2cccc(OC(F)F)c2[C@H]2C[C@@H]1c1nc3cc(F)c(-c4ccc(P(C)(C)=O)nc4)cc3n12. The van der Waals surface area contributed by atoms with Gasteiger partial charge >= 0.3 is 6.61 Å². The Morgan fingerprint density at radius 2 is 1.89 bits per heavy atom. The topological polar surface area (TPSA) is 77.3 Å². The van der Waals surface area contributed by atoms with Crippen molar-refractivity contribution in [3.8, 4) is 16.9 Å². The summed E-state index contributed by atoms with van der Waals surface area (Å²) in [7, 11) is -0.924. The largest absolute Gasteiger partial charge is 0.434 e. The van der Waals surface area contributed by atoms with Gasteiger partial charge in [-0.1, -0.05) is 12.1 Å². The number of pyridine rings is 1. The lowest BCUT2D eigenvalue weighted by Gasteiger charge is -2.24. The summed E-state index contributed by atoms with van der Waals surface area (Å²) in [6.07, 6.45) is 1.91. The minimum Gasteiger partial charge on any atom is -0.434 e. The van der Waals surface area contributed by atoms with Gasteiger partial charge in [0.2, 0.25) is 0 Å².